The normalized spacial score (nSPS) is 18.4. The Hall–Kier alpha value is -2.63. The van der Waals surface area contributed by atoms with Gasteiger partial charge in [-0.2, -0.15) is 5.10 Å². The number of hydrogen-bond acceptors (Lipinski definition) is 3. The summed E-state index contributed by atoms with van der Waals surface area (Å²) in [6.45, 7) is 5.07. The van der Waals surface area contributed by atoms with Crippen molar-refractivity contribution in [3.05, 3.63) is 48.3 Å². The molecule has 0 radical (unpaired) electrons. The Morgan fingerprint density at radius 1 is 1.36 bits per heavy atom. The van der Waals surface area contributed by atoms with Gasteiger partial charge in [-0.05, 0) is 31.0 Å². The number of amides is 2. The third kappa shape index (κ3) is 3.90. The van der Waals surface area contributed by atoms with E-state index in [-0.39, 0.29) is 30.2 Å². The summed E-state index contributed by atoms with van der Waals surface area (Å²) in [7, 11) is 0. The van der Waals surface area contributed by atoms with Crippen molar-refractivity contribution in [2.75, 3.05) is 11.4 Å². The molecule has 1 aromatic heterocycles. The third-order valence-electron chi connectivity index (χ3n) is 4.57. The lowest BCUT2D eigenvalue weighted by atomic mass is 10.1. The van der Waals surface area contributed by atoms with Crippen LogP contribution < -0.4 is 10.2 Å². The Morgan fingerprint density at radius 2 is 2.16 bits per heavy atom. The Kier molecular flexibility index (Phi) is 5.16. The number of hydrogen-bond donors (Lipinski definition) is 1. The first kappa shape index (κ1) is 17.2. The van der Waals surface area contributed by atoms with Crippen LogP contribution in [0.5, 0.6) is 0 Å². The van der Waals surface area contributed by atoms with Crippen molar-refractivity contribution < 1.29 is 9.59 Å². The van der Waals surface area contributed by atoms with E-state index in [9.17, 15) is 9.59 Å². The van der Waals surface area contributed by atoms with Crippen LogP contribution in [0.2, 0.25) is 0 Å². The summed E-state index contributed by atoms with van der Waals surface area (Å²) in [4.78, 5) is 26.7. The molecule has 6 nitrogen and oxygen atoms in total. The lowest BCUT2D eigenvalue weighted by Crippen LogP contribution is -2.40. The maximum absolute atomic E-state index is 12.5. The standard InChI is InChI=1S/C19H24N4O2/c1-3-15-7-4-5-8-17(15)23-13-16(11-18(23)24)19(25)21-14(2)12-22-10-6-9-20-22/h4-10,14,16H,3,11-13H2,1-2H3,(H,21,25)/t14-,16+/m1/s1. The lowest BCUT2D eigenvalue weighted by Gasteiger charge is -2.20. The Labute approximate surface area is 147 Å². The van der Waals surface area contributed by atoms with E-state index < -0.39 is 0 Å². The molecule has 1 aromatic carbocycles. The smallest absolute Gasteiger partial charge is 0.227 e. The molecule has 3 rings (SSSR count). The molecule has 0 bridgehead atoms. The van der Waals surface area contributed by atoms with Gasteiger partial charge in [-0.25, -0.2) is 0 Å². The minimum atomic E-state index is -0.308. The molecule has 25 heavy (non-hydrogen) atoms. The SMILES string of the molecule is CCc1ccccc1N1C[C@@H](C(=O)N[C@H](C)Cn2cccn2)CC1=O. The molecule has 1 aliphatic heterocycles. The summed E-state index contributed by atoms with van der Waals surface area (Å²) in [6, 6.07) is 9.71. The van der Waals surface area contributed by atoms with Crippen LogP contribution in [-0.2, 0) is 22.6 Å². The monoisotopic (exact) mass is 340 g/mol. The van der Waals surface area contributed by atoms with Crippen molar-refractivity contribution in [3.8, 4) is 0 Å². The van der Waals surface area contributed by atoms with E-state index in [0.717, 1.165) is 17.7 Å². The number of nitrogens with zero attached hydrogens (tertiary/aromatic N) is 3. The van der Waals surface area contributed by atoms with Gasteiger partial charge in [-0.15, -0.1) is 0 Å². The van der Waals surface area contributed by atoms with Crippen LogP contribution in [0.3, 0.4) is 0 Å². The van der Waals surface area contributed by atoms with Crippen LogP contribution in [0.1, 0.15) is 25.8 Å². The molecule has 1 fully saturated rings. The summed E-state index contributed by atoms with van der Waals surface area (Å²) in [5.74, 6) is -0.359. The fraction of sp³-hybridized carbons (Fsp3) is 0.421. The van der Waals surface area contributed by atoms with Crippen molar-refractivity contribution in [3.63, 3.8) is 0 Å². The fourth-order valence-corrected chi connectivity index (χ4v) is 3.28. The number of carbonyl (C=O) groups excluding carboxylic acids is 2. The Balaban J connectivity index is 1.62. The van der Waals surface area contributed by atoms with E-state index in [2.05, 4.69) is 17.3 Å². The van der Waals surface area contributed by atoms with Crippen LogP contribution in [0.4, 0.5) is 5.69 Å². The minimum Gasteiger partial charge on any atom is -0.351 e. The van der Waals surface area contributed by atoms with Gasteiger partial charge in [-0.3, -0.25) is 14.3 Å². The van der Waals surface area contributed by atoms with Gasteiger partial charge in [0.2, 0.25) is 11.8 Å². The summed E-state index contributed by atoms with van der Waals surface area (Å²) >= 11 is 0. The molecule has 1 aliphatic rings. The van der Waals surface area contributed by atoms with Gasteiger partial charge in [0.25, 0.3) is 0 Å². The molecule has 2 heterocycles. The molecule has 0 spiro atoms. The third-order valence-corrected chi connectivity index (χ3v) is 4.57. The minimum absolute atomic E-state index is 0.0146. The van der Waals surface area contributed by atoms with Gasteiger partial charge >= 0.3 is 0 Å². The number of aromatic nitrogens is 2. The van der Waals surface area contributed by atoms with Crippen LogP contribution >= 0.6 is 0 Å². The second kappa shape index (κ2) is 7.51. The fourth-order valence-electron chi connectivity index (χ4n) is 3.28. The Bertz CT molecular complexity index is 742. The highest BCUT2D eigenvalue weighted by molar-refractivity contribution is 6.00. The lowest BCUT2D eigenvalue weighted by molar-refractivity contribution is -0.126. The van der Waals surface area contributed by atoms with Crippen LogP contribution in [0, 0.1) is 5.92 Å². The first-order chi connectivity index (χ1) is 12.1. The van der Waals surface area contributed by atoms with E-state index in [1.54, 1.807) is 15.8 Å². The van der Waals surface area contributed by atoms with Crippen molar-refractivity contribution in [1.82, 2.24) is 15.1 Å². The maximum atomic E-state index is 12.5. The molecule has 2 amide bonds. The molecule has 1 N–H and O–H groups in total. The van der Waals surface area contributed by atoms with Crippen LogP contribution in [0.15, 0.2) is 42.7 Å². The average molecular weight is 340 g/mol. The van der Waals surface area contributed by atoms with Gasteiger partial charge in [0.15, 0.2) is 0 Å². The highest BCUT2D eigenvalue weighted by atomic mass is 16.2. The summed E-state index contributed by atoms with van der Waals surface area (Å²) in [6.07, 6.45) is 4.70. The second-order valence-corrected chi connectivity index (χ2v) is 6.53. The topological polar surface area (TPSA) is 67.2 Å². The molecule has 132 valence electrons. The average Bonchev–Trinajstić information content (AvgIpc) is 3.24. The number of rotatable bonds is 6. The van der Waals surface area contributed by atoms with Gasteiger partial charge in [0.1, 0.15) is 0 Å². The number of anilines is 1. The summed E-state index contributed by atoms with van der Waals surface area (Å²) in [5, 5.41) is 7.15. The van der Waals surface area contributed by atoms with Gasteiger partial charge < -0.3 is 10.2 Å². The highest BCUT2D eigenvalue weighted by Gasteiger charge is 2.36. The van der Waals surface area contributed by atoms with E-state index in [0.29, 0.717) is 13.1 Å². The summed E-state index contributed by atoms with van der Waals surface area (Å²) < 4.78 is 1.79. The molecule has 2 atom stereocenters. The maximum Gasteiger partial charge on any atom is 0.227 e. The first-order valence-electron chi connectivity index (χ1n) is 8.74. The first-order valence-corrected chi connectivity index (χ1v) is 8.74. The van der Waals surface area contributed by atoms with Crippen molar-refractivity contribution in [2.45, 2.75) is 39.3 Å². The molecule has 6 heteroatoms. The highest BCUT2D eigenvalue weighted by Crippen LogP contribution is 2.28. The second-order valence-electron chi connectivity index (χ2n) is 6.53. The largest absolute Gasteiger partial charge is 0.351 e. The quantitative estimate of drug-likeness (QED) is 0.875. The zero-order valence-corrected chi connectivity index (χ0v) is 14.7. The molecule has 2 aromatic rings. The number of nitrogens with one attached hydrogen (secondary N) is 1. The summed E-state index contributed by atoms with van der Waals surface area (Å²) in [5.41, 5.74) is 2.05. The molecular weight excluding hydrogens is 316 g/mol. The van der Waals surface area contributed by atoms with E-state index in [1.807, 2.05) is 43.5 Å². The molecule has 0 saturated carbocycles. The van der Waals surface area contributed by atoms with Crippen molar-refractivity contribution >= 4 is 17.5 Å². The molecular formula is C19H24N4O2. The van der Waals surface area contributed by atoms with Crippen molar-refractivity contribution in [1.29, 1.82) is 0 Å². The van der Waals surface area contributed by atoms with E-state index in [4.69, 9.17) is 0 Å². The zero-order valence-electron chi connectivity index (χ0n) is 14.7. The van der Waals surface area contributed by atoms with Gasteiger partial charge in [-0.1, -0.05) is 25.1 Å². The number of benzene rings is 1. The van der Waals surface area contributed by atoms with Gasteiger partial charge in [0, 0.05) is 37.1 Å². The van der Waals surface area contributed by atoms with E-state index >= 15 is 0 Å². The predicted molar refractivity (Wildman–Crippen MR) is 96.1 cm³/mol. The number of aryl methyl sites for hydroxylation is 1. The van der Waals surface area contributed by atoms with Crippen LogP contribution in [0.25, 0.3) is 0 Å². The molecule has 0 unspecified atom stereocenters. The van der Waals surface area contributed by atoms with Crippen molar-refractivity contribution in [2.24, 2.45) is 5.92 Å². The molecule has 0 aliphatic carbocycles. The Morgan fingerprint density at radius 3 is 2.88 bits per heavy atom. The van der Waals surface area contributed by atoms with E-state index in [1.165, 1.54) is 0 Å². The zero-order chi connectivity index (χ0) is 17.8. The molecule has 1 saturated heterocycles. The predicted octanol–water partition coefficient (Wildman–Crippen LogP) is 2.00. The number of para-hydroxylation sites is 1. The number of carbonyl (C=O) groups is 2. The van der Waals surface area contributed by atoms with Crippen LogP contribution in [-0.4, -0.2) is 34.2 Å². The van der Waals surface area contributed by atoms with Gasteiger partial charge in [0.05, 0.1) is 12.5 Å².